The second-order valence-corrected chi connectivity index (χ2v) is 7.81. The Morgan fingerprint density at radius 1 is 1.17 bits per heavy atom. The highest BCUT2D eigenvalue weighted by Crippen LogP contribution is 2.43. The third-order valence-corrected chi connectivity index (χ3v) is 6.25. The van der Waals surface area contributed by atoms with E-state index in [1.54, 1.807) is 11.8 Å². The minimum atomic E-state index is -0.771. The number of benzene rings is 1. The fourth-order valence-corrected chi connectivity index (χ4v) is 4.56. The number of urea groups is 1. The SMILES string of the molecule is O=C(NCC1(c2ccc(F)cc2)CCC1)NC[C@@]1(O)CCSC1. The molecule has 1 heterocycles. The molecule has 126 valence electrons. The van der Waals surface area contributed by atoms with Crippen molar-refractivity contribution in [2.45, 2.75) is 36.7 Å². The first kappa shape index (κ1) is 16.6. The van der Waals surface area contributed by atoms with Crippen molar-refractivity contribution in [1.29, 1.82) is 0 Å². The molecule has 0 unspecified atom stereocenters. The number of hydrogen-bond acceptors (Lipinski definition) is 3. The molecular formula is C17H23FN2O2S. The Bertz CT molecular complexity index is 554. The maximum atomic E-state index is 13.1. The highest BCUT2D eigenvalue weighted by molar-refractivity contribution is 7.99. The van der Waals surface area contributed by atoms with Gasteiger partial charge in [-0.05, 0) is 42.7 Å². The standard InChI is InChI=1S/C17H23FN2O2S/c18-14-4-2-13(3-5-14)16(6-1-7-16)10-19-15(21)20-11-17(22)8-9-23-12-17/h2-5,22H,1,6-12H2,(H2,19,20,21)/t17-/m0/s1. The van der Waals surface area contributed by atoms with E-state index in [2.05, 4.69) is 10.6 Å². The Balaban J connectivity index is 1.51. The van der Waals surface area contributed by atoms with Gasteiger partial charge in [0.1, 0.15) is 5.82 Å². The van der Waals surface area contributed by atoms with Gasteiger partial charge in [0.05, 0.1) is 5.60 Å². The summed E-state index contributed by atoms with van der Waals surface area (Å²) in [5.74, 6) is 1.37. The number of carbonyl (C=O) groups excluding carboxylic acids is 1. The molecule has 23 heavy (non-hydrogen) atoms. The average molecular weight is 338 g/mol. The van der Waals surface area contributed by atoms with E-state index in [1.807, 2.05) is 12.1 Å². The number of hydrogen-bond donors (Lipinski definition) is 3. The van der Waals surface area contributed by atoms with Crippen molar-refractivity contribution in [3.63, 3.8) is 0 Å². The molecule has 0 spiro atoms. The van der Waals surface area contributed by atoms with Crippen LogP contribution in [-0.4, -0.2) is 41.3 Å². The van der Waals surface area contributed by atoms with Gasteiger partial charge in [-0.15, -0.1) is 0 Å². The zero-order valence-electron chi connectivity index (χ0n) is 13.1. The summed E-state index contributed by atoms with van der Waals surface area (Å²) in [6.07, 6.45) is 3.84. The van der Waals surface area contributed by atoms with Gasteiger partial charge in [0.25, 0.3) is 0 Å². The number of rotatable bonds is 5. The molecule has 3 N–H and O–H groups in total. The van der Waals surface area contributed by atoms with Crippen molar-refractivity contribution in [1.82, 2.24) is 10.6 Å². The fraction of sp³-hybridized carbons (Fsp3) is 0.588. The molecule has 4 nitrogen and oxygen atoms in total. The first-order valence-corrected chi connectivity index (χ1v) is 9.25. The highest BCUT2D eigenvalue weighted by atomic mass is 32.2. The zero-order chi connectivity index (χ0) is 16.3. The lowest BCUT2D eigenvalue weighted by atomic mass is 9.64. The van der Waals surface area contributed by atoms with Crippen LogP contribution in [0.3, 0.4) is 0 Å². The van der Waals surface area contributed by atoms with Crippen LogP contribution >= 0.6 is 11.8 Å². The maximum absolute atomic E-state index is 13.1. The van der Waals surface area contributed by atoms with Gasteiger partial charge in [0, 0.05) is 24.3 Å². The molecule has 1 saturated heterocycles. The monoisotopic (exact) mass is 338 g/mol. The first-order valence-electron chi connectivity index (χ1n) is 8.09. The fourth-order valence-electron chi connectivity index (χ4n) is 3.27. The van der Waals surface area contributed by atoms with Gasteiger partial charge in [-0.1, -0.05) is 18.6 Å². The van der Waals surface area contributed by atoms with E-state index in [1.165, 1.54) is 12.1 Å². The van der Waals surface area contributed by atoms with Crippen molar-refractivity contribution in [3.05, 3.63) is 35.6 Å². The quantitative estimate of drug-likeness (QED) is 0.773. The van der Waals surface area contributed by atoms with E-state index in [-0.39, 0.29) is 23.8 Å². The Hall–Kier alpha value is -1.27. The van der Waals surface area contributed by atoms with Crippen LogP contribution in [0.5, 0.6) is 0 Å². The van der Waals surface area contributed by atoms with E-state index >= 15 is 0 Å². The molecule has 6 heteroatoms. The lowest BCUT2D eigenvalue weighted by Crippen LogP contribution is -2.51. The third-order valence-electron chi connectivity index (χ3n) is 5.02. The molecule has 2 aliphatic rings. The molecule has 1 aliphatic heterocycles. The van der Waals surface area contributed by atoms with Crippen molar-refractivity contribution in [2.75, 3.05) is 24.6 Å². The number of carbonyl (C=O) groups is 1. The molecule has 1 atom stereocenters. The summed E-state index contributed by atoms with van der Waals surface area (Å²) < 4.78 is 13.1. The number of halogens is 1. The molecule has 2 amide bonds. The van der Waals surface area contributed by atoms with Gasteiger partial charge in [-0.2, -0.15) is 11.8 Å². The van der Waals surface area contributed by atoms with Gasteiger partial charge in [-0.3, -0.25) is 0 Å². The van der Waals surface area contributed by atoms with Crippen LogP contribution in [0.2, 0.25) is 0 Å². The molecular weight excluding hydrogens is 315 g/mol. The van der Waals surface area contributed by atoms with E-state index in [0.717, 1.165) is 37.0 Å². The summed E-state index contributed by atoms with van der Waals surface area (Å²) in [6.45, 7) is 0.826. The van der Waals surface area contributed by atoms with Gasteiger partial charge in [-0.25, -0.2) is 9.18 Å². The predicted octanol–water partition coefficient (Wildman–Crippen LogP) is 2.41. The van der Waals surface area contributed by atoms with Gasteiger partial charge < -0.3 is 15.7 Å². The summed E-state index contributed by atoms with van der Waals surface area (Å²) in [4.78, 5) is 12.0. The Morgan fingerprint density at radius 2 is 1.87 bits per heavy atom. The van der Waals surface area contributed by atoms with E-state index < -0.39 is 5.60 Å². The van der Waals surface area contributed by atoms with Crippen molar-refractivity contribution in [2.24, 2.45) is 0 Å². The molecule has 0 radical (unpaired) electrons. The lowest BCUT2D eigenvalue weighted by molar-refractivity contribution is 0.0698. The van der Waals surface area contributed by atoms with Crippen LogP contribution in [0.1, 0.15) is 31.2 Å². The van der Waals surface area contributed by atoms with Crippen LogP contribution in [0.4, 0.5) is 9.18 Å². The highest BCUT2D eigenvalue weighted by Gasteiger charge is 2.39. The maximum Gasteiger partial charge on any atom is 0.314 e. The van der Waals surface area contributed by atoms with Crippen LogP contribution in [0.15, 0.2) is 24.3 Å². The molecule has 1 saturated carbocycles. The topological polar surface area (TPSA) is 61.4 Å². The number of aliphatic hydroxyl groups is 1. The second kappa shape index (κ2) is 6.69. The molecule has 0 aromatic heterocycles. The summed E-state index contributed by atoms with van der Waals surface area (Å²) in [5, 5.41) is 15.9. The van der Waals surface area contributed by atoms with Crippen LogP contribution in [-0.2, 0) is 5.41 Å². The van der Waals surface area contributed by atoms with E-state index in [0.29, 0.717) is 12.3 Å². The minimum Gasteiger partial charge on any atom is -0.387 e. The first-order chi connectivity index (χ1) is 11.0. The van der Waals surface area contributed by atoms with Crippen molar-refractivity contribution < 1.29 is 14.3 Å². The summed E-state index contributed by atoms with van der Waals surface area (Å²) in [6, 6.07) is 6.33. The second-order valence-electron chi connectivity index (χ2n) is 6.70. The molecule has 2 fully saturated rings. The van der Waals surface area contributed by atoms with Gasteiger partial charge in [0.15, 0.2) is 0 Å². The molecule has 0 bridgehead atoms. The molecule has 1 aliphatic carbocycles. The van der Waals surface area contributed by atoms with Gasteiger partial charge >= 0.3 is 6.03 Å². The Kier molecular flexibility index (Phi) is 4.82. The molecule has 1 aromatic rings. The van der Waals surface area contributed by atoms with Crippen LogP contribution in [0, 0.1) is 5.82 Å². The summed E-state index contributed by atoms with van der Waals surface area (Å²) in [7, 11) is 0. The normalized spacial score (nSPS) is 25.7. The van der Waals surface area contributed by atoms with E-state index in [9.17, 15) is 14.3 Å². The number of nitrogens with one attached hydrogen (secondary N) is 2. The lowest BCUT2D eigenvalue weighted by Gasteiger charge is -2.42. The molecule has 3 rings (SSSR count). The van der Waals surface area contributed by atoms with Gasteiger partial charge in [0.2, 0.25) is 0 Å². The van der Waals surface area contributed by atoms with Crippen LogP contribution in [0.25, 0.3) is 0 Å². The number of amides is 2. The largest absolute Gasteiger partial charge is 0.387 e. The van der Waals surface area contributed by atoms with Crippen LogP contribution < -0.4 is 10.6 Å². The summed E-state index contributed by atoms with van der Waals surface area (Å²) >= 11 is 1.71. The Morgan fingerprint density at radius 3 is 2.43 bits per heavy atom. The average Bonchev–Trinajstić information content (AvgIpc) is 2.93. The Labute approximate surface area is 140 Å². The minimum absolute atomic E-state index is 0.0782. The smallest absolute Gasteiger partial charge is 0.314 e. The van der Waals surface area contributed by atoms with Crippen molar-refractivity contribution in [3.8, 4) is 0 Å². The van der Waals surface area contributed by atoms with Crippen molar-refractivity contribution >= 4 is 17.8 Å². The van der Waals surface area contributed by atoms with E-state index in [4.69, 9.17) is 0 Å². The summed E-state index contributed by atoms with van der Waals surface area (Å²) in [5.41, 5.74) is 0.231. The zero-order valence-corrected chi connectivity index (χ0v) is 13.9. The molecule has 1 aromatic carbocycles. The third kappa shape index (κ3) is 3.80. The predicted molar refractivity (Wildman–Crippen MR) is 90.2 cm³/mol. The number of thioether (sulfide) groups is 1.